The number of hydrogen-bond donors (Lipinski definition) is 0. The number of tetrazole rings is 1. The van der Waals surface area contributed by atoms with Gasteiger partial charge in [0.05, 0.1) is 24.6 Å². The molecule has 2 aromatic rings. The van der Waals surface area contributed by atoms with Crippen LogP contribution in [0.25, 0.3) is 0 Å². The normalized spacial score (nSPS) is 15.7. The van der Waals surface area contributed by atoms with Gasteiger partial charge >= 0.3 is 0 Å². The number of thioether (sulfide) groups is 1. The second kappa shape index (κ2) is 7.63. The molecule has 1 amide bonds. The van der Waals surface area contributed by atoms with Crippen LogP contribution in [0.4, 0.5) is 0 Å². The Morgan fingerprint density at radius 2 is 2.26 bits per heavy atom. The van der Waals surface area contributed by atoms with Crippen LogP contribution in [-0.4, -0.2) is 43.8 Å². The summed E-state index contributed by atoms with van der Waals surface area (Å²) in [7, 11) is 1.77. The monoisotopic (exact) mass is 335 g/mol. The second-order valence-corrected chi connectivity index (χ2v) is 6.76. The van der Waals surface area contributed by atoms with Crippen LogP contribution >= 0.6 is 11.8 Å². The Kier molecular flexibility index (Phi) is 5.32. The minimum Gasteiger partial charge on any atom is -0.467 e. The van der Waals surface area contributed by atoms with Crippen molar-refractivity contribution in [3.05, 3.63) is 24.2 Å². The number of rotatable bonds is 6. The molecule has 0 spiro atoms. The quantitative estimate of drug-likeness (QED) is 0.755. The van der Waals surface area contributed by atoms with Gasteiger partial charge in [0, 0.05) is 7.05 Å². The average molecular weight is 335 g/mol. The predicted octanol–water partition coefficient (Wildman–Crippen LogP) is 2.52. The van der Waals surface area contributed by atoms with Gasteiger partial charge < -0.3 is 9.32 Å². The molecule has 1 aliphatic rings. The highest BCUT2D eigenvalue weighted by molar-refractivity contribution is 7.99. The van der Waals surface area contributed by atoms with Crippen molar-refractivity contribution < 1.29 is 9.21 Å². The van der Waals surface area contributed by atoms with Gasteiger partial charge in [-0.3, -0.25) is 4.79 Å². The van der Waals surface area contributed by atoms with Crippen molar-refractivity contribution >= 4 is 17.7 Å². The number of carbonyl (C=O) groups excluding carboxylic acids is 1. The fraction of sp³-hybridized carbons (Fsp3) is 0.600. The molecule has 0 saturated heterocycles. The van der Waals surface area contributed by atoms with Crippen LogP contribution in [0.15, 0.2) is 28.0 Å². The molecule has 0 unspecified atom stereocenters. The number of nitrogens with zero attached hydrogens (tertiary/aromatic N) is 5. The molecular formula is C15H21N5O2S. The summed E-state index contributed by atoms with van der Waals surface area (Å²) >= 11 is 1.40. The number of aromatic nitrogens is 4. The molecule has 0 bridgehead atoms. The summed E-state index contributed by atoms with van der Waals surface area (Å²) in [5, 5.41) is 12.7. The fourth-order valence-electron chi connectivity index (χ4n) is 2.80. The number of hydrogen-bond acceptors (Lipinski definition) is 6. The standard InChI is InChI=1S/C15H21N5O2S/c1-19(10-13-8-5-9-22-13)14(21)11-23-15-16-17-18-20(15)12-6-3-2-4-7-12/h5,8-9,12H,2-4,6-7,10-11H2,1H3. The van der Waals surface area contributed by atoms with Crippen molar-refractivity contribution in [2.24, 2.45) is 0 Å². The maximum absolute atomic E-state index is 12.2. The molecule has 8 heteroatoms. The number of amides is 1. The smallest absolute Gasteiger partial charge is 0.233 e. The van der Waals surface area contributed by atoms with Crippen molar-refractivity contribution in [2.45, 2.75) is 49.8 Å². The van der Waals surface area contributed by atoms with Crippen LogP contribution in [0.2, 0.25) is 0 Å². The van der Waals surface area contributed by atoms with E-state index in [0.29, 0.717) is 18.3 Å². The topological polar surface area (TPSA) is 77.1 Å². The molecule has 3 rings (SSSR count). The third-order valence-corrected chi connectivity index (χ3v) is 5.02. The van der Waals surface area contributed by atoms with Gasteiger partial charge in [-0.25, -0.2) is 4.68 Å². The fourth-order valence-corrected chi connectivity index (χ4v) is 3.68. The summed E-state index contributed by atoms with van der Waals surface area (Å²) in [5.41, 5.74) is 0. The van der Waals surface area contributed by atoms with E-state index >= 15 is 0 Å². The first-order chi connectivity index (χ1) is 11.2. The first-order valence-corrected chi connectivity index (χ1v) is 8.89. The lowest BCUT2D eigenvalue weighted by molar-refractivity contribution is -0.127. The second-order valence-electron chi connectivity index (χ2n) is 5.82. The third kappa shape index (κ3) is 4.13. The van der Waals surface area contributed by atoms with Crippen LogP contribution in [-0.2, 0) is 11.3 Å². The first kappa shape index (κ1) is 16.0. The van der Waals surface area contributed by atoms with E-state index in [1.165, 1.54) is 31.0 Å². The number of carbonyl (C=O) groups is 1. The highest BCUT2D eigenvalue weighted by Crippen LogP contribution is 2.30. The molecular weight excluding hydrogens is 314 g/mol. The minimum atomic E-state index is 0.0320. The lowest BCUT2D eigenvalue weighted by Crippen LogP contribution is -2.27. The van der Waals surface area contributed by atoms with E-state index in [-0.39, 0.29) is 5.91 Å². The molecule has 0 atom stereocenters. The molecule has 7 nitrogen and oxygen atoms in total. The molecule has 0 aliphatic heterocycles. The van der Waals surface area contributed by atoms with Crippen molar-refractivity contribution in [3.63, 3.8) is 0 Å². The maximum atomic E-state index is 12.2. The molecule has 0 aromatic carbocycles. The van der Waals surface area contributed by atoms with Gasteiger partial charge in [0.25, 0.3) is 0 Å². The Labute approximate surface area is 139 Å². The van der Waals surface area contributed by atoms with E-state index in [9.17, 15) is 4.79 Å². The summed E-state index contributed by atoms with van der Waals surface area (Å²) in [6.07, 6.45) is 7.58. The Morgan fingerprint density at radius 3 is 3.00 bits per heavy atom. The Morgan fingerprint density at radius 1 is 1.43 bits per heavy atom. The molecule has 124 valence electrons. The van der Waals surface area contributed by atoms with Crippen molar-refractivity contribution in [3.8, 4) is 0 Å². The third-order valence-electron chi connectivity index (χ3n) is 4.11. The van der Waals surface area contributed by atoms with Gasteiger partial charge in [-0.05, 0) is 35.4 Å². The van der Waals surface area contributed by atoms with E-state index in [0.717, 1.165) is 23.8 Å². The van der Waals surface area contributed by atoms with Gasteiger partial charge in [0.2, 0.25) is 11.1 Å². The summed E-state index contributed by atoms with van der Waals surface area (Å²) in [5.74, 6) is 1.13. The van der Waals surface area contributed by atoms with Crippen LogP contribution in [0.5, 0.6) is 0 Å². The van der Waals surface area contributed by atoms with Gasteiger partial charge in [0.1, 0.15) is 5.76 Å². The van der Waals surface area contributed by atoms with Gasteiger partial charge in [-0.1, -0.05) is 31.0 Å². The maximum Gasteiger partial charge on any atom is 0.233 e. The van der Waals surface area contributed by atoms with Crippen LogP contribution in [0, 0.1) is 0 Å². The lowest BCUT2D eigenvalue weighted by atomic mass is 9.96. The Bertz CT molecular complexity index is 622. The van der Waals surface area contributed by atoms with Crippen molar-refractivity contribution in [2.75, 3.05) is 12.8 Å². The lowest BCUT2D eigenvalue weighted by Gasteiger charge is -2.22. The molecule has 23 heavy (non-hydrogen) atoms. The Balaban J connectivity index is 1.53. The zero-order valence-corrected chi connectivity index (χ0v) is 14.0. The summed E-state index contributed by atoms with van der Waals surface area (Å²) in [6, 6.07) is 4.05. The molecule has 1 aliphatic carbocycles. The average Bonchev–Trinajstić information content (AvgIpc) is 3.24. The van der Waals surface area contributed by atoms with E-state index in [1.54, 1.807) is 18.2 Å². The van der Waals surface area contributed by atoms with Gasteiger partial charge in [0.15, 0.2) is 0 Å². The molecule has 0 N–H and O–H groups in total. The summed E-state index contributed by atoms with van der Waals surface area (Å²) in [6.45, 7) is 0.472. The summed E-state index contributed by atoms with van der Waals surface area (Å²) in [4.78, 5) is 13.9. The molecule has 2 aromatic heterocycles. The zero-order chi connectivity index (χ0) is 16.1. The number of furan rings is 1. The molecule has 1 saturated carbocycles. The van der Waals surface area contributed by atoms with Gasteiger partial charge in [-0.2, -0.15) is 0 Å². The van der Waals surface area contributed by atoms with Gasteiger partial charge in [-0.15, -0.1) is 5.10 Å². The van der Waals surface area contributed by atoms with E-state index < -0.39 is 0 Å². The molecule has 1 fully saturated rings. The predicted molar refractivity (Wildman–Crippen MR) is 85.8 cm³/mol. The van der Waals surface area contributed by atoms with Crippen molar-refractivity contribution in [1.29, 1.82) is 0 Å². The summed E-state index contributed by atoms with van der Waals surface area (Å²) < 4.78 is 7.16. The molecule has 0 radical (unpaired) electrons. The van der Waals surface area contributed by atoms with Crippen molar-refractivity contribution in [1.82, 2.24) is 25.1 Å². The highest BCUT2D eigenvalue weighted by atomic mass is 32.2. The van der Waals surface area contributed by atoms with Crippen LogP contribution < -0.4 is 0 Å². The Hall–Kier alpha value is -1.83. The minimum absolute atomic E-state index is 0.0320. The molecule has 2 heterocycles. The van der Waals surface area contributed by atoms with E-state index in [2.05, 4.69) is 15.5 Å². The van der Waals surface area contributed by atoms with Crippen LogP contribution in [0.1, 0.15) is 43.9 Å². The zero-order valence-electron chi connectivity index (χ0n) is 13.2. The van der Waals surface area contributed by atoms with E-state index in [1.807, 2.05) is 16.8 Å². The van der Waals surface area contributed by atoms with E-state index in [4.69, 9.17) is 4.42 Å². The van der Waals surface area contributed by atoms with Crippen LogP contribution in [0.3, 0.4) is 0 Å². The SMILES string of the molecule is CN(Cc1ccco1)C(=O)CSc1nnnn1C1CCCCC1. The largest absolute Gasteiger partial charge is 0.467 e. The highest BCUT2D eigenvalue weighted by Gasteiger charge is 2.21. The first-order valence-electron chi connectivity index (χ1n) is 7.91.